The molecule has 130 valence electrons. The van der Waals surface area contributed by atoms with Crippen LogP contribution in [0.1, 0.15) is 28.9 Å². The quantitative estimate of drug-likeness (QED) is 0.923. The second-order valence-corrected chi connectivity index (χ2v) is 6.57. The maximum absolute atomic E-state index is 12.5. The summed E-state index contributed by atoms with van der Waals surface area (Å²) in [4.78, 5) is 24.9. The van der Waals surface area contributed by atoms with Gasteiger partial charge < -0.3 is 19.4 Å². The molecule has 1 spiro atoms. The van der Waals surface area contributed by atoms with E-state index in [4.69, 9.17) is 9.47 Å². The molecular weight excluding hydrogens is 320 g/mol. The topological polar surface area (TPSA) is 69.6 Å². The van der Waals surface area contributed by atoms with Crippen molar-refractivity contribution >= 4 is 5.91 Å². The lowest BCUT2D eigenvalue weighted by Gasteiger charge is -2.43. The molecule has 2 aromatic rings. The summed E-state index contributed by atoms with van der Waals surface area (Å²) in [5.74, 6) is -0.175. The number of rotatable bonds is 3. The smallest absolute Gasteiger partial charge is 0.272 e. The van der Waals surface area contributed by atoms with Crippen molar-refractivity contribution in [3.05, 3.63) is 64.1 Å². The molecule has 1 N–H and O–H groups in total. The van der Waals surface area contributed by atoms with Crippen LogP contribution in [0.4, 0.5) is 0 Å². The molecule has 1 amide bonds. The monoisotopic (exact) mass is 340 g/mol. The van der Waals surface area contributed by atoms with E-state index in [1.807, 2.05) is 34.9 Å². The summed E-state index contributed by atoms with van der Waals surface area (Å²) < 4.78 is 13.3. The molecule has 0 saturated carbocycles. The summed E-state index contributed by atoms with van der Waals surface area (Å²) in [6, 6.07) is 11.1. The van der Waals surface area contributed by atoms with E-state index in [1.54, 1.807) is 6.20 Å². The number of fused-ring (bicyclic) bond motifs is 2. The van der Waals surface area contributed by atoms with E-state index in [2.05, 4.69) is 5.32 Å². The zero-order chi connectivity index (χ0) is 17.3. The first-order chi connectivity index (χ1) is 12.2. The molecule has 1 atom stereocenters. The first-order valence-electron chi connectivity index (χ1n) is 8.48. The third kappa shape index (κ3) is 2.82. The van der Waals surface area contributed by atoms with Gasteiger partial charge in [0.2, 0.25) is 5.43 Å². The fraction of sp³-hybridized carbons (Fsp3) is 0.368. The van der Waals surface area contributed by atoms with Crippen molar-refractivity contribution < 1.29 is 14.3 Å². The molecule has 1 unspecified atom stereocenters. The van der Waals surface area contributed by atoms with Crippen LogP contribution in [0, 0.1) is 0 Å². The number of hydrogen-bond donors (Lipinski definition) is 1. The van der Waals surface area contributed by atoms with Gasteiger partial charge in [-0.05, 0) is 18.4 Å². The van der Waals surface area contributed by atoms with Gasteiger partial charge in [0.1, 0.15) is 6.61 Å². The van der Waals surface area contributed by atoms with Gasteiger partial charge in [0.15, 0.2) is 11.4 Å². The molecule has 2 aliphatic heterocycles. The van der Waals surface area contributed by atoms with E-state index in [1.165, 1.54) is 6.07 Å². The molecule has 0 bridgehead atoms. The SMILES string of the molecule is O=C1NCC2(CCCOC2)n2ccc(=O)c(OCc3ccccc3)c21. The van der Waals surface area contributed by atoms with E-state index < -0.39 is 0 Å². The fourth-order valence-corrected chi connectivity index (χ4v) is 3.58. The maximum atomic E-state index is 12.5. The van der Waals surface area contributed by atoms with Gasteiger partial charge in [-0.1, -0.05) is 30.3 Å². The molecule has 1 fully saturated rings. The van der Waals surface area contributed by atoms with E-state index in [0.29, 0.717) is 18.8 Å². The van der Waals surface area contributed by atoms with Crippen LogP contribution in [-0.4, -0.2) is 30.2 Å². The van der Waals surface area contributed by atoms with Gasteiger partial charge in [-0.3, -0.25) is 9.59 Å². The molecule has 4 rings (SSSR count). The van der Waals surface area contributed by atoms with Crippen LogP contribution >= 0.6 is 0 Å². The predicted octanol–water partition coefficient (Wildman–Crippen LogP) is 1.68. The largest absolute Gasteiger partial charge is 0.483 e. The van der Waals surface area contributed by atoms with Crippen LogP contribution in [0.25, 0.3) is 0 Å². The van der Waals surface area contributed by atoms with E-state index in [-0.39, 0.29) is 29.2 Å². The van der Waals surface area contributed by atoms with Crippen molar-refractivity contribution in [1.29, 1.82) is 0 Å². The highest BCUT2D eigenvalue weighted by atomic mass is 16.5. The van der Waals surface area contributed by atoms with Crippen molar-refractivity contribution in [1.82, 2.24) is 9.88 Å². The number of amides is 1. The third-order valence-corrected chi connectivity index (χ3v) is 4.89. The van der Waals surface area contributed by atoms with Crippen molar-refractivity contribution in [2.75, 3.05) is 19.8 Å². The van der Waals surface area contributed by atoms with Crippen molar-refractivity contribution in [2.24, 2.45) is 0 Å². The zero-order valence-electron chi connectivity index (χ0n) is 13.9. The average molecular weight is 340 g/mol. The highest BCUT2D eigenvalue weighted by Gasteiger charge is 2.42. The number of nitrogens with zero attached hydrogens (tertiary/aromatic N) is 1. The minimum absolute atomic E-state index is 0.105. The minimum atomic E-state index is -0.347. The Kier molecular flexibility index (Phi) is 4.05. The summed E-state index contributed by atoms with van der Waals surface area (Å²) in [6.07, 6.45) is 3.50. The van der Waals surface area contributed by atoms with Crippen molar-refractivity contribution in [3.8, 4) is 5.75 Å². The molecular formula is C19H20N2O4. The number of carbonyl (C=O) groups excluding carboxylic acids is 1. The number of benzene rings is 1. The number of aromatic nitrogens is 1. The summed E-state index contributed by atoms with van der Waals surface area (Å²) in [5, 5.41) is 2.91. The third-order valence-electron chi connectivity index (χ3n) is 4.89. The Labute approximate surface area is 145 Å². The molecule has 1 aromatic carbocycles. The number of carbonyl (C=O) groups is 1. The molecule has 1 saturated heterocycles. The van der Waals surface area contributed by atoms with Gasteiger partial charge in [0, 0.05) is 25.4 Å². The number of ether oxygens (including phenoxy) is 2. The van der Waals surface area contributed by atoms with Crippen LogP contribution in [0.5, 0.6) is 5.75 Å². The summed E-state index contributed by atoms with van der Waals surface area (Å²) in [6.45, 7) is 1.98. The second-order valence-electron chi connectivity index (χ2n) is 6.57. The lowest BCUT2D eigenvalue weighted by atomic mass is 9.89. The molecule has 25 heavy (non-hydrogen) atoms. The molecule has 2 aliphatic rings. The Hall–Kier alpha value is -2.60. The fourth-order valence-electron chi connectivity index (χ4n) is 3.58. The van der Waals surface area contributed by atoms with E-state index in [9.17, 15) is 9.59 Å². The van der Waals surface area contributed by atoms with Gasteiger partial charge in [-0.2, -0.15) is 0 Å². The van der Waals surface area contributed by atoms with Crippen LogP contribution in [0.3, 0.4) is 0 Å². The van der Waals surface area contributed by atoms with Gasteiger partial charge in [0.05, 0.1) is 12.1 Å². The average Bonchev–Trinajstić information content (AvgIpc) is 2.65. The maximum Gasteiger partial charge on any atom is 0.272 e. The van der Waals surface area contributed by atoms with Crippen LogP contribution in [-0.2, 0) is 16.9 Å². The van der Waals surface area contributed by atoms with Gasteiger partial charge >= 0.3 is 0 Å². The molecule has 0 radical (unpaired) electrons. The molecule has 6 nitrogen and oxygen atoms in total. The Morgan fingerprint density at radius 2 is 2.04 bits per heavy atom. The first-order valence-corrected chi connectivity index (χ1v) is 8.48. The highest BCUT2D eigenvalue weighted by Crippen LogP contribution is 2.33. The summed E-state index contributed by atoms with van der Waals surface area (Å²) in [7, 11) is 0. The Morgan fingerprint density at radius 1 is 1.20 bits per heavy atom. The van der Waals surface area contributed by atoms with E-state index in [0.717, 1.165) is 25.0 Å². The highest BCUT2D eigenvalue weighted by molar-refractivity contribution is 5.96. The van der Waals surface area contributed by atoms with Crippen molar-refractivity contribution in [2.45, 2.75) is 25.0 Å². The van der Waals surface area contributed by atoms with Gasteiger partial charge in [0.25, 0.3) is 5.91 Å². The first kappa shape index (κ1) is 15.9. The minimum Gasteiger partial charge on any atom is -0.483 e. The number of nitrogens with one attached hydrogen (secondary N) is 1. The lowest BCUT2D eigenvalue weighted by Crippen LogP contribution is -2.56. The number of hydrogen-bond acceptors (Lipinski definition) is 4. The van der Waals surface area contributed by atoms with Crippen LogP contribution in [0.15, 0.2) is 47.4 Å². The van der Waals surface area contributed by atoms with Gasteiger partial charge in [-0.15, -0.1) is 0 Å². The summed E-state index contributed by atoms with van der Waals surface area (Å²) in [5.41, 5.74) is 0.600. The van der Waals surface area contributed by atoms with E-state index >= 15 is 0 Å². The van der Waals surface area contributed by atoms with Crippen LogP contribution in [0.2, 0.25) is 0 Å². The normalized spacial score (nSPS) is 22.3. The standard InChI is InChI=1S/C19H20N2O4/c22-15-7-9-21-16(17(15)25-11-14-5-2-1-3-6-14)18(23)20-12-19(21)8-4-10-24-13-19/h1-3,5-7,9H,4,8,10-13H2,(H,20,23). The Bertz CT molecular complexity index is 838. The Balaban J connectivity index is 1.74. The number of pyridine rings is 1. The van der Waals surface area contributed by atoms with Gasteiger partial charge in [-0.25, -0.2) is 0 Å². The predicted molar refractivity (Wildman–Crippen MR) is 91.8 cm³/mol. The molecule has 3 heterocycles. The van der Waals surface area contributed by atoms with Crippen LogP contribution < -0.4 is 15.5 Å². The molecule has 6 heteroatoms. The lowest BCUT2D eigenvalue weighted by molar-refractivity contribution is -0.00597. The molecule has 1 aromatic heterocycles. The van der Waals surface area contributed by atoms with Crippen molar-refractivity contribution in [3.63, 3.8) is 0 Å². The summed E-state index contributed by atoms with van der Waals surface area (Å²) >= 11 is 0. The Morgan fingerprint density at radius 3 is 2.80 bits per heavy atom. The second kappa shape index (κ2) is 6.37. The zero-order valence-corrected chi connectivity index (χ0v) is 13.9. The molecule has 0 aliphatic carbocycles.